The second-order valence-electron chi connectivity index (χ2n) is 7.52. The van der Waals surface area contributed by atoms with Crippen LogP contribution in [0.15, 0.2) is 30.3 Å². The predicted molar refractivity (Wildman–Crippen MR) is 119 cm³/mol. The number of hydrogen-bond donors (Lipinski definition) is 2. The molecule has 0 spiro atoms. The Morgan fingerprint density at radius 1 is 1.28 bits per heavy atom. The minimum Gasteiger partial charge on any atom is -0.355 e. The zero-order chi connectivity index (χ0) is 23.5. The summed E-state index contributed by atoms with van der Waals surface area (Å²) in [5.41, 5.74) is 1.31. The summed E-state index contributed by atoms with van der Waals surface area (Å²) in [6.45, 7) is 2.44. The van der Waals surface area contributed by atoms with Gasteiger partial charge in [-0.15, -0.1) is 12.6 Å². The van der Waals surface area contributed by atoms with Crippen LogP contribution in [0.5, 0.6) is 0 Å². The molecule has 8 nitrogen and oxygen atoms in total. The largest absolute Gasteiger partial charge is 0.355 e. The molecule has 168 valence electrons. The van der Waals surface area contributed by atoms with E-state index in [4.69, 9.17) is 0 Å². The third-order valence-electron chi connectivity index (χ3n) is 5.24. The number of nitrogens with zero attached hydrogens (tertiary/aromatic N) is 3. The third-order valence-corrected chi connectivity index (χ3v) is 6.70. The van der Waals surface area contributed by atoms with Gasteiger partial charge >= 0.3 is 0 Å². The number of sulfonamides is 1. The fourth-order valence-electron chi connectivity index (χ4n) is 3.56. The summed E-state index contributed by atoms with van der Waals surface area (Å²) in [7, 11) is -3.92. The van der Waals surface area contributed by atoms with Crippen LogP contribution in [0, 0.1) is 30.0 Å². The number of nitrogens with one attached hydrogen (secondary N) is 1. The van der Waals surface area contributed by atoms with E-state index in [1.165, 1.54) is 18.2 Å². The number of benzene rings is 1. The quantitative estimate of drug-likeness (QED) is 0.614. The van der Waals surface area contributed by atoms with E-state index in [1.807, 2.05) is 11.0 Å². The normalized spacial score (nSPS) is 14.6. The molecule has 1 aliphatic rings. The van der Waals surface area contributed by atoms with Crippen LogP contribution in [-0.4, -0.2) is 37.5 Å². The van der Waals surface area contributed by atoms with Crippen molar-refractivity contribution in [1.29, 1.82) is 5.26 Å². The fourth-order valence-corrected chi connectivity index (χ4v) is 4.96. The summed E-state index contributed by atoms with van der Waals surface area (Å²) in [6, 6.07) is 8.51. The van der Waals surface area contributed by atoms with Gasteiger partial charge in [-0.3, -0.25) is 14.3 Å². The maximum Gasteiger partial charge on any atom is 0.239 e. The van der Waals surface area contributed by atoms with Gasteiger partial charge in [-0.25, -0.2) is 17.8 Å². The standard InChI is InChI=1S/C21H21FN4O4S2/c1-13-18(21(28)31)10-16(11-23)19(24-13)26-8-6-15(7-9-26)20(27)25-32(29,30)12-14-2-4-17(22)5-3-14/h2-5,10,15H,6-9,12H2,1H3,(H,25,27)(H,28,31). The first-order valence-electron chi connectivity index (χ1n) is 9.78. The number of anilines is 1. The second-order valence-corrected chi connectivity index (χ2v) is 9.65. The molecule has 3 rings (SSSR count). The van der Waals surface area contributed by atoms with E-state index in [9.17, 15) is 27.7 Å². The van der Waals surface area contributed by atoms with Crippen LogP contribution in [-0.2, 0) is 20.6 Å². The van der Waals surface area contributed by atoms with E-state index in [0.717, 1.165) is 12.1 Å². The second kappa shape index (κ2) is 9.67. The Hall–Kier alpha value is -2.97. The molecule has 32 heavy (non-hydrogen) atoms. The molecule has 0 bridgehead atoms. The topological polar surface area (TPSA) is 120 Å². The number of amides is 1. The molecule has 1 N–H and O–H groups in total. The number of nitriles is 1. The fraction of sp³-hybridized carbons (Fsp3) is 0.333. The number of carbonyl (C=O) groups is 2. The van der Waals surface area contributed by atoms with Crippen LogP contribution in [0.4, 0.5) is 10.2 Å². The van der Waals surface area contributed by atoms with Crippen molar-refractivity contribution >= 4 is 39.5 Å². The number of aryl methyl sites for hydroxylation is 1. The Kier molecular flexibility index (Phi) is 7.16. The molecule has 0 saturated carbocycles. The maximum atomic E-state index is 13.0. The van der Waals surface area contributed by atoms with E-state index in [0.29, 0.717) is 43.0 Å². The van der Waals surface area contributed by atoms with Gasteiger partial charge in [-0.05, 0) is 43.5 Å². The number of thiol groups is 1. The van der Waals surface area contributed by atoms with Gasteiger partial charge in [0.15, 0.2) is 0 Å². The van der Waals surface area contributed by atoms with Gasteiger partial charge in [-0.2, -0.15) is 5.26 Å². The first-order valence-corrected chi connectivity index (χ1v) is 11.9. The zero-order valence-corrected chi connectivity index (χ0v) is 18.9. The minimum atomic E-state index is -3.92. The van der Waals surface area contributed by atoms with Crippen molar-refractivity contribution < 1.29 is 22.4 Å². The van der Waals surface area contributed by atoms with Crippen LogP contribution in [0.2, 0.25) is 0 Å². The van der Waals surface area contributed by atoms with Gasteiger partial charge in [0.2, 0.25) is 21.0 Å². The van der Waals surface area contributed by atoms with Crippen molar-refractivity contribution in [3.05, 3.63) is 58.5 Å². The van der Waals surface area contributed by atoms with Gasteiger partial charge in [0, 0.05) is 19.0 Å². The molecule has 0 aliphatic carbocycles. The highest BCUT2D eigenvalue weighted by atomic mass is 32.2. The average molecular weight is 477 g/mol. The number of pyridine rings is 1. The molecule has 1 aliphatic heterocycles. The number of aromatic nitrogens is 1. The van der Waals surface area contributed by atoms with Crippen molar-refractivity contribution in [3.63, 3.8) is 0 Å². The lowest BCUT2D eigenvalue weighted by Gasteiger charge is -2.32. The molecule has 1 saturated heterocycles. The first kappa shape index (κ1) is 23.7. The minimum absolute atomic E-state index is 0.234. The molecule has 0 atom stereocenters. The molecule has 1 fully saturated rings. The highest BCUT2D eigenvalue weighted by molar-refractivity contribution is 7.97. The number of carbonyl (C=O) groups excluding carboxylic acids is 2. The van der Waals surface area contributed by atoms with Crippen molar-refractivity contribution in [2.45, 2.75) is 25.5 Å². The number of halogens is 1. The lowest BCUT2D eigenvalue weighted by atomic mass is 9.96. The van der Waals surface area contributed by atoms with Gasteiger partial charge in [0.1, 0.15) is 17.7 Å². The van der Waals surface area contributed by atoms with Crippen LogP contribution >= 0.6 is 12.6 Å². The summed E-state index contributed by atoms with van der Waals surface area (Å²) in [5, 5.41) is 8.97. The summed E-state index contributed by atoms with van der Waals surface area (Å²) in [4.78, 5) is 30.3. The molecule has 1 aromatic heterocycles. The van der Waals surface area contributed by atoms with Crippen LogP contribution in [0.1, 0.15) is 40.0 Å². The van der Waals surface area contributed by atoms with E-state index < -0.39 is 38.5 Å². The van der Waals surface area contributed by atoms with Crippen LogP contribution in [0.25, 0.3) is 0 Å². The molecular weight excluding hydrogens is 455 g/mol. The Labute approximate surface area is 190 Å². The van der Waals surface area contributed by atoms with Crippen molar-refractivity contribution in [3.8, 4) is 6.07 Å². The van der Waals surface area contributed by atoms with E-state index in [1.54, 1.807) is 6.92 Å². The molecule has 11 heteroatoms. The maximum absolute atomic E-state index is 13.0. The Balaban J connectivity index is 1.63. The van der Waals surface area contributed by atoms with Gasteiger partial charge in [-0.1, -0.05) is 12.1 Å². The summed E-state index contributed by atoms with van der Waals surface area (Å²) in [5.74, 6) is -1.58. The Morgan fingerprint density at radius 2 is 1.91 bits per heavy atom. The van der Waals surface area contributed by atoms with Crippen molar-refractivity contribution in [2.24, 2.45) is 5.92 Å². The first-order chi connectivity index (χ1) is 15.1. The van der Waals surface area contributed by atoms with Gasteiger partial charge in [0.25, 0.3) is 0 Å². The highest BCUT2D eigenvalue weighted by Crippen LogP contribution is 2.27. The number of piperidine rings is 1. The SMILES string of the molecule is Cc1nc(N2CCC(C(=O)NS(=O)(=O)Cc3ccc(F)cc3)CC2)c(C#N)cc1C(=O)S. The average Bonchev–Trinajstić information content (AvgIpc) is 2.74. The lowest BCUT2D eigenvalue weighted by Crippen LogP contribution is -2.43. The monoisotopic (exact) mass is 476 g/mol. The summed E-state index contributed by atoms with van der Waals surface area (Å²) < 4.78 is 39.7. The van der Waals surface area contributed by atoms with Gasteiger partial charge < -0.3 is 4.90 Å². The smallest absolute Gasteiger partial charge is 0.239 e. The molecule has 1 aromatic carbocycles. The molecular formula is C21H21FN4O4S2. The predicted octanol–water partition coefficient (Wildman–Crippen LogP) is 2.33. The summed E-state index contributed by atoms with van der Waals surface area (Å²) >= 11 is 3.80. The van der Waals surface area contributed by atoms with E-state index in [-0.39, 0.29) is 11.1 Å². The molecule has 2 aromatic rings. The van der Waals surface area contributed by atoms with Crippen molar-refractivity contribution in [1.82, 2.24) is 9.71 Å². The molecule has 0 radical (unpaired) electrons. The number of rotatable bonds is 6. The van der Waals surface area contributed by atoms with Gasteiger partial charge in [0.05, 0.1) is 22.6 Å². The van der Waals surface area contributed by atoms with E-state index >= 15 is 0 Å². The Morgan fingerprint density at radius 3 is 2.47 bits per heavy atom. The molecule has 0 unspecified atom stereocenters. The van der Waals surface area contributed by atoms with Crippen LogP contribution in [0.3, 0.4) is 0 Å². The zero-order valence-electron chi connectivity index (χ0n) is 17.2. The molecule has 1 amide bonds. The number of hydrogen-bond acceptors (Lipinski definition) is 7. The van der Waals surface area contributed by atoms with E-state index in [2.05, 4.69) is 22.3 Å². The summed E-state index contributed by atoms with van der Waals surface area (Å²) in [6.07, 6.45) is 0.744. The van der Waals surface area contributed by atoms with Crippen molar-refractivity contribution in [2.75, 3.05) is 18.0 Å². The highest BCUT2D eigenvalue weighted by Gasteiger charge is 2.29. The Bertz CT molecular complexity index is 1190. The van der Waals surface area contributed by atoms with Crippen LogP contribution < -0.4 is 9.62 Å². The third kappa shape index (κ3) is 5.63. The lowest BCUT2D eigenvalue weighted by molar-refractivity contribution is -0.123. The molecule has 2 heterocycles.